The molecule has 1 N–H and O–H groups in total. The number of rotatable bonds is 9. The van der Waals surface area contributed by atoms with Crippen molar-refractivity contribution in [2.75, 3.05) is 39.4 Å². The molecule has 0 aromatic carbocycles. The third-order valence-corrected chi connectivity index (χ3v) is 3.27. The molecule has 3 heteroatoms. The molecule has 1 aliphatic heterocycles. The van der Waals surface area contributed by atoms with Crippen molar-refractivity contribution in [1.82, 2.24) is 10.2 Å². The number of unbranched alkanes of at least 4 members (excludes halogenated alkanes) is 1. The number of nitrogens with one attached hydrogen (secondary N) is 1. The fourth-order valence-corrected chi connectivity index (χ4v) is 2.20. The van der Waals surface area contributed by atoms with Crippen LogP contribution in [0, 0.1) is 0 Å². The van der Waals surface area contributed by atoms with Crippen LogP contribution in [-0.4, -0.2) is 50.3 Å². The predicted molar refractivity (Wildman–Crippen MR) is 73.5 cm³/mol. The Morgan fingerprint density at radius 1 is 1.06 bits per heavy atom. The van der Waals surface area contributed by atoms with E-state index in [9.17, 15) is 0 Å². The fraction of sp³-hybridized carbons (Fsp3) is 1.00. The Bertz CT molecular complexity index is 168. The maximum atomic E-state index is 5.67. The van der Waals surface area contributed by atoms with E-state index >= 15 is 0 Å². The van der Waals surface area contributed by atoms with E-state index in [1.165, 1.54) is 45.2 Å². The Balaban J connectivity index is 1.78. The maximum absolute atomic E-state index is 5.67. The third kappa shape index (κ3) is 8.58. The molecule has 0 radical (unpaired) electrons. The first kappa shape index (κ1) is 14.9. The zero-order valence-corrected chi connectivity index (χ0v) is 11.7. The van der Waals surface area contributed by atoms with E-state index in [4.69, 9.17) is 4.74 Å². The molecule has 0 spiro atoms. The molecule has 1 fully saturated rings. The molecular weight excluding hydrogens is 212 g/mol. The smallest absolute Gasteiger partial charge is 0.0593 e. The molecule has 17 heavy (non-hydrogen) atoms. The summed E-state index contributed by atoms with van der Waals surface area (Å²) in [6, 6.07) is 0.606. The van der Waals surface area contributed by atoms with Gasteiger partial charge in [-0.2, -0.15) is 0 Å². The second-order valence-corrected chi connectivity index (χ2v) is 5.33. The first-order valence-electron chi connectivity index (χ1n) is 7.32. The van der Waals surface area contributed by atoms with E-state index in [1.807, 2.05) is 0 Å². The summed E-state index contributed by atoms with van der Waals surface area (Å²) in [5.41, 5.74) is 0. The average molecular weight is 242 g/mol. The maximum Gasteiger partial charge on any atom is 0.0593 e. The van der Waals surface area contributed by atoms with Crippen molar-refractivity contribution < 1.29 is 4.74 Å². The van der Waals surface area contributed by atoms with Gasteiger partial charge in [0.1, 0.15) is 0 Å². The Labute approximate surface area is 107 Å². The summed E-state index contributed by atoms with van der Waals surface area (Å²) >= 11 is 0. The molecule has 0 saturated carbocycles. The highest BCUT2D eigenvalue weighted by atomic mass is 16.5. The summed E-state index contributed by atoms with van der Waals surface area (Å²) < 4.78 is 5.67. The third-order valence-electron chi connectivity index (χ3n) is 3.27. The zero-order chi connectivity index (χ0) is 12.3. The summed E-state index contributed by atoms with van der Waals surface area (Å²) in [5, 5.41) is 3.42. The lowest BCUT2D eigenvalue weighted by atomic mass is 10.1. The van der Waals surface area contributed by atoms with Gasteiger partial charge in [-0.3, -0.25) is 0 Å². The van der Waals surface area contributed by atoms with Crippen molar-refractivity contribution in [3.8, 4) is 0 Å². The molecule has 0 aromatic rings. The number of hydrogen-bond donors (Lipinski definition) is 1. The number of ether oxygens (including phenoxy) is 1. The molecule has 0 bridgehead atoms. The van der Waals surface area contributed by atoms with E-state index in [0.29, 0.717) is 6.04 Å². The Morgan fingerprint density at radius 3 is 2.53 bits per heavy atom. The van der Waals surface area contributed by atoms with Gasteiger partial charge in [0.05, 0.1) is 6.61 Å². The SMILES string of the molecule is CC(C)NCCCCOCCN1CCCCC1. The Kier molecular flexibility index (Phi) is 8.67. The van der Waals surface area contributed by atoms with Crippen molar-refractivity contribution in [3.05, 3.63) is 0 Å². The number of hydrogen-bond acceptors (Lipinski definition) is 3. The van der Waals surface area contributed by atoms with Crippen LogP contribution in [0.2, 0.25) is 0 Å². The van der Waals surface area contributed by atoms with Gasteiger partial charge < -0.3 is 15.0 Å². The normalized spacial score (nSPS) is 17.8. The van der Waals surface area contributed by atoms with Crippen LogP contribution in [0.5, 0.6) is 0 Å². The highest BCUT2D eigenvalue weighted by molar-refractivity contribution is 4.63. The molecule has 0 aliphatic carbocycles. The summed E-state index contributed by atoms with van der Waals surface area (Å²) in [7, 11) is 0. The second-order valence-electron chi connectivity index (χ2n) is 5.33. The van der Waals surface area contributed by atoms with Gasteiger partial charge in [0, 0.05) is 19.2 Å². The topological polar surface area (TPSA) is 24.5 Å². The highest BCUT2D eigenvalue weighted by Crippen LogP contribution is 2.07. The summed E-state index contributed by atoms with van der Waals surface area (Å²) in [4.78, 5) is 2.53. The van der Waals surface area contributed by atoms with E-state index in [0.717, 1.165) is 26.3 Å². The van der Waals surface area contributed by atoms with Crippen LogP contribution in [0.4, 0.5) is 0 Å². The molecule has 3 nitrogen and oxygen atoms in total. The minimum Gasteiger partial charge on any atom is -0.380 e. The highest BCUT2D eigenvalue weighted by Gasteiger charge is 2.08. The number of piperidine rings is 1. The molecule has 1 aliphatic rings. The molecular formula is C14H30N2O. The minimum absolute atomic E-state index is 0.606. The van der Waals surface area contributed by atoms with Gasteiger partial charge in [-0.25, -0.2) is 0 Å². The first-order valence-corrected chi connectivity index (χ1v) is 7.32. The lowest BCUT2D eigenvalue weighted by molar-refractivity contribution is 0.0940. The summed E-state index contributed by atoms with van der Waals surface area (Å²) in [5.74, 6) is 0. The Morgan fingerprint density at radius 2 is 1.82 bits per heavy atom. The van der Waals surface area contributed by atoms with Gasteiger partial charge in [-0.15, -0.1) is 0 Å². The first-order chi connectivity index (χ1) is 8.29. The monoisotopic (exact) mass is 242 g/mol. The molecule has 102 valence electrons. The van der Waals surface area contributed by atoms with Crippen molar-refractivity contribution in [3.63, 3.8) is 0 Å². The van der Waals surface area contributed by atoms with Gasteiger partial charge in [-0.1, -0.05) is 20.3 Å². The largest absolute Gasteiger partial charge is 0.380 e. The van der Waals surface area contributed by atoms with Crippen molar-refractivity contribution >= 4 is 0 Å². The van der Waals surface area contributed by atoms with E-state index in [2.05, 4.69) is 24.1 Å². The fourth-order valence-electron chi connectivity index (χ4n) is 2.20. The van der Waals surface area contributed by atoms with E-state index in [-0.39, 0.29) is 0 Å². The van der Waals surface area contributed by atoms with Gasteiger partial charge in [0.25, 0.3) is 0 Å². The van der Waals surface area contributed by atoms with Crippen molar-refractivity contribution in [1.29, 1.82) is 0 Å². The lowest BCUT2D eigenvalue weighted by Crippen LogP contribution is -2.32. The van der Waals surface area contributed by atoms with E-state index in [1.54, 1.807) is 0 Å². The molecule has 0 aromatic heterocycles. The average Bonchev–Trinajstić information content (AvgIpc) is 2.33. The van der Waals surface area contributed by atoms with Crippen LogP contribution >= 0.6 is 0 Å². The summed E-state index contributed by atoms with van der Waals surface area (Å²) in [6.07, 6.45) is 6.57. The van der Waals surface area contributed by atoms with Gasteiger partial charge in [0.15, 0.2) is 0 Å². The van der Waals surface area contributed by atoms with Gasteiger partial charge in [-0.05, 0) is 45.3 Å². The quantitative estimate of drug-likeness (QED) is 0.628. The van der Waals surface area contributed by atoms with Crippen LogP contribution < -0.4 is 5.32 Å². The molecule has 0 atom stereocenters. The minimum atomic E-state index is 0.606. The molecule has 0 amide bonds. The second kappa shape index (κ2) is 9.86. The van der Waals surface area contributed by atoms with E-state index < -0.39 is 0 Å². The zero-order valence-electron chi connectivity index (χ0n) is 11.7. The van der Waals surface area contributed by atoms with Crippen LogP contribution in [0.25, 0.3) is 0 Å². The molecule has 1 heterocycles. The van der Waals surface area contributed by atoms with Crippen LogP contribution in [0.1, 0.15) is 46.0 Å². The van der Waals surface area contributed by atoms with Crippen LogP contribution in [0.15, 0.2) is 0 Å². The van der Waals surface area contributed by atoms with Gasteiger partial charge in [0.2, 0.25) is 0 Å². The number of likely N-dealkylation sites (tertiary alicyclic amines) is 1. The number of nitrogens with zero attached hydrogens (tertiary/aromatic N) is 1. The van der Waals surface area contributed by atoms with Crippen molar-refractivity contribution in [2.24, 2.45) is 0 Å². The predicted octanol–water partition coefficient (Wildman–Crippen LogP) is 2.27. The molecule has 1 saturated heterocycles. The van der Waals surface area contributed by atoms with Crippen LogP contribution in [-0.2, 0) is 4.74 Å². The summed E-state index contributed by atoms with van der Waals surface area (Å²) in [6.45, 7) is 11.0. The molecule has 1 rings (SSSR count). The van der Waals surface area contributed by atoms with Crippen LogP contribution in [0.3, 0.4) is 0 Å². The lowest BCUT2D eigenvalue weighted by Gasteiger charge is -2.26. The standard InChI is InChI=1S/C14H30N2O/c1-14(2)15-8-4-7-12-17-13-11-16-9-5-3-6-10-16/h14-15H,3-13H2,1-2H3. The van der Waals surface area contributed by atoms with Crippen molar-refractivity contribution in [2.45, 2.75) is 52.0 Å². The Hall–Kier alpha value is -0.120. The molecule has 0 unspecified atom stereocenters. The van der Waals surface area contributed by atoms with Gasteiger partial charge >= 0.3 is 0 Å².